The van der Waals surface area contributed by atoms with Crippen LogP contribution in [-0.2, 0) is 18.0 Å². The molecule has 0 amide bonds. The Balaban J connectivity index is 3.34. The zero-order valence-corrected chi connectivity index (χ0v) is 26.5. The summed E-state index contributed by atoms with van der Waals surface area (Å²) in [6.07, 6.45) is -0.776. The van der Waals surface area contributed by atoms with Gasteiger partial charge in [-0.05, 0) is 54.4 Å². The van der Waals surface area contributed by atoms with Gasteiger partial charge in [0.25, 0.3) is 0 Å². The molecule has 0 radical (unpaired) electrons. The second-order valence-corrected chi connectivity index (χ2v) is 28.2. The van der Waals surface area contributed by atoms with Crippen molar-refractivity contribution in [1.29, 1.82) is 0 Å². The van der Waals surface area contributed by atoms with Crippen LogP contribution in [0.2, 0.25) is 54.4 Å². The first-order chi connectivity index (χ1) is 14.0. The van der Waals surface area contributed by atoms with Crippen LogP contribution in [0.15, 0.2) is 12.1 Å². The molecule has 1 fully saturated rings. The molecule has 1 aliphatic heterocycles. The van der Waals surface area contributed by atoms with Crippen molar-refractivity contribution in [2.45, 2.75) is 135 Å². The molecule has 4 nitrogen and oxygen atoms in total. The second-order valence-electron chi connectivity index (χ2n) is 13.9. The molecule has 1 rings (SSSR count). The van der Waals surface area contributed by atoms with E-state index in [4.69, 9.17) is 18.0 Å². The minimum absolute atomic E-state index is 0.00826. The molecule has 1 heterocycles. The largest absolute Gasteiger partial charge is 0.484 e. The van der Waals surface area contributed by atoms with Crippen LogP contribution in [0, 0.1) is 0 Å². The van der Waals surface area contributed by atoms with E-state index in [0.29, 0.717) is 12.9 Å². The predicted molar refractivity (Wildman–Crippen MR) is 141 cm³/mol. The Hall–Kier alpha value is 0.000649. The lowest BCUT2D eigenvalue weighted by molar-refractivity contribution is 0.00910. The minimum Gasteiger partial charge on any atom is -0.484 e. The van der Waals surface area contributed by atoms with Crippen LogP contribution in [-0.4, -0.2) is 49.9 Å². The number of hydrogen-bond acceptors (Lipinski definition) is 4. The average molecular weight is 507 g/mol. The van der Waals surface area contributed by atoms with Crippen LogP contribution in [0.4, 0.5) is 4.39 Å². The maximum Gasteiger partial charge on any atom is 0.193 e. The highest BCUT2D eigenvalue weighted by Gasteiger charge is 2.53. The van der Waals surface area contributed by atoms with E-state index in [1.165, 1.54) is 0 Å². The third-order valence-corrected chi connectivity index (χ3v) is 21.6. The molecule has 0 unspecified atom stereocenters. The number of halogens is 1. The summed E-state index contributed by atoms with van der Waals surface area (Å²) in [6.45, 7) is 33.5. The average Bonchev–Trinajstić information content (AvgIpc) is 2.86. The molecule has 32 heavy (non-hydrogen) atoms. The Morgan fingerprint density at radius 2 is 1.16 bits per heavy atom. The highest BCUT2D eigenvalue weighted by atomic mass is 28.4. The smallest absolute Gasteiger partial charge is 0.193 e. The lowest BCUT2D eigenvalue weighted by atomic mass is 10.1. The fraction of sp³-hybridized carbons (Fsp3) is 0.917. The summed E-state index contributed by atoms with van der Waals surface area (Å²) in [7, 11) is -6.36. The summed E-state index contributed by atoms with van der Waals surface area (Å²) >= 11 is 0. The van der Waals surface area contributed by atoms with E-state index >= 15 is 0 Å². The fourth-order valence-electron chi connectivity index (χ4n) is 2.66. The molecule has 0 saturated carbocycles. The van der Waals surface area contributed by atoms with Gasteiger partial charge in [0, 0.05) is 0 Å². The van der Waals surface area contributed by atoms with E-state index < -0.39 is 43.3 Å². The van der Waals surface area contributed by atoms with E-state index in [1.807, 2.05) is 0 Å². The summed E-state index contributed by atoms with van der Waals surface area (Å²) in [5.41, 5.74) is 0. The zero-order valence-electron chi connectivity index (χ0n) is 23.5. The highest BCUT2D eigenvalue weighted by Crippen LogP contribution is 2.45. The Morgan fingerprint density at radius 3 is 1.53 bits per heavy atom. The molecule has 190 valence electrons. The Morgan fingerprint density at radius 1 is 0.750 bits per heavy atom. The van der Waals surface area contributed by atoms with Crippen LogP contribution >= 0.6 is 0 Å². The standard InChI is InChI=1S/C24H51FO4Si3/c1-22(2,3)30(10,11)26-17-19-21(29-32(14,15)24(7,8)9)20(18(16-25)27-19)28-31(12,13)23(4,5)6/h16,19-21H,17H2,1-15H3/b18-16+/t19-,20+,21-/m1/s1. The second kappa shape index (κ2) is 9.57. The molecule has 0 aromatic heterocycles. The van der Waals surface area contributed by atoms with Crippen molar-refractivity contribution in [3.63, 3.8) is 0 Å². The SMILES string of the molecule is CC(C)(C)[Si](C)(C)OC[C@H]1O/C(=C/F)[C@H](O[Si](C)(C)C(C)(C)C)[C@@H]1O[Si](C)(C)C(C)(C)C. The van der Waals surface area contributed by atoms with Gasteiger partial charge in [-0.25, -0.2) is 4.39 Å². The number of hydrogen-bond donors (Lipinski definition) is 0. The van der Waals surface area contributed by atoms with E-state index in [1.54, 1.807) is 0 Å². The Bertz CT molecular complexity index is 670. The van der Waals surface area contributed by atoms with E-state index in [9.17, 15) is 4.39 Å². The minimum atomic E-state index is -2.19. The molecule has 8 heteroatoms. The van der Waals surface area contributed by atoms with E-state index in [2.05, 4.69) is 102 Å². The molecule has 0 aliphatic carbocycles. The van der Waals surface area contributed by atoms with Crippen molar-refractivity contribution in [1.82, 2.24) is 0 Å². The first-order valence-corrected chi connectivity index (χ1v) is 20.7. The van der Waals surface area contributed by atoms with Gasteiger partial charge in [0.1, 0.15) is 24.6 Å². The van der Waals surface area contributed by atoms with Gasteiger partial charge in [0.2, 0.25) is 0 Å². The molecule has 0 aromatic carbocycles. The maximum atomic E-state index is 14.1. The van der Waals surface area contributed by atoms with E-state index in [0.717, 1.165) is 0 Å². The van der Waals surface area contributed by atoms with Crippen LogP contribution in [0.3, 0.4) is 0 Å². The van der Waals surface area contributed by atoms with Gasteiger partial charge in [-0.15, -0.1) is 0 Å². The molecular formula is C24H51FO4Si3. The van der Waals surface area contributed by atoms with Crippen LogP contribution < -0.4 is 0 Å². The van der Waals surface area contributed by atoms with Crippen LogP contribution in [0.25, 0.3) is 0 Å². The van der Waals surface area contributed by atoms with Crippen LogP contribution in [0.5, 0.6) is 0 Å². The highest BCUT2D eigenvalue weighted by molar-refractivity contribution is 6.75. The number of ether oxygens (including phenoxy) is 1. The Kier molecular flexibility index (Phi) is 8.98. The van der Waals surface area contributed by atoms with Crippen molar-refractivity contribution in [3.8, 4) is 0 Å². The van der Waals surface area contributed by atoms with Crippen LogP contribution in [0.1, 0.15) is 62.3 Å². The molecule has 0 bridgehead atoms. The third-order valence-electron chi connectivity index (χ3n) is 8.22. The van der Waals surface area contributed by atoms with Gasteiger partial charge < -0.3 is 18.0 Å². The van der Waals surface area contributed by atoms with E-state index in [-0.39, 0.29) is 20.9 Å². The molecule has 1 saturated heterocycles. The normalized spacial score (nSPS) is 25.4. The summed E-state index contributed by atoms with van der Waals surface area (Å²) < 4.78 is 40.3. The lowest BCUT2D eigenvalue weighted by Crippen LogP contribution is -2.54. The summed E-state index contributed by atoms with van der Waals surface area (Å²) in [6, 6.07) is 0. The first-order valence-electron chi connectivity index (χ1n) is 11.9. The van der Waals surface area contributed by atoms with Gasteiger partial charge in [-0.2, -0.15) is 0 Å². The fourth-order valence-corrected chi connectivity index (χ4v) is 6.23. The zero-order chi connectivity index (χ0) is 25.6. The summed E-state index contributed by atoms with van der Waals surface area (Å²) in [5.74, 6) is 0.238. The van der Waals surface area contributed by atoms with Gasteiger partial charge in [0.05, 0.1) is 6.61 Å². The molecule has 1 aliphatic rings. The Labute approximate surface area is 201 Å². The quantitative estimate of drug-likeness (QED) is 0.328. The molecule has 0 N–H and O–H groups in total. The summed E-state index contributed by atoms with van der Waals surface area (Å²) in [4.78, 5) is 0. The monoisotopic (exact) mass is 506 g/mol. The van der Waals surface area contributed by atoms with Gasteiger partial charge in [0.15, 0.2) is 30.7 Å². The van der Waals surface area contributed by atoms with Gasteiger partial charge in [-0.1, -0.05) is 62.3 Å². The van der Waals surface area contributed by atoms with Crippen molar-refractivity contribution < 1.29 is 22.4 Å². The van der Waals surface area contributed by atoms with Crippen molar-refractivity contribution in [2.75, 3.05) is 6.61 Å². The molecule has 0 aromatic rings. The molecule has 3 atom stereocenters. The maximum absolute atomic E-state index is 14.1. The molecular weight excluding hydrogens is 456 g/mol. The first kappa shape index (κ1) is 30.0. The lowest BCUT2D eigenvalue weighted by Gasteiger charge is -2.43. The summed E-state index contributed by atoms with van der Waals surface area (Å²) in [5, 5.41) is 0.0877. The van der Waals surface area contributed by atoms with Crippen molar-refractivity contribution in [3.05, 3.63) is 12.1 Å². The topological polar surface area (TPSA) is 36.9 Å². The third kappa shape index (κ3) is 6.78. The van der Waals surface area contributed by atoms with Crippen molar-refractivity contribution in [2.24, 2.45) is 0 Å². The van der Waals surface area contributed by atoms with Gasteiger partial charge >= 0.3 is 0 Å². The number of rotatable bonds is 7. The molecule has 0 spiro atoms. The van der Waals surface area contributed by atoms with Gasteiger partial charge in [-0.3, -0.25) is 0 Å². The van der Waals surface area contributed by atoms with Crippen molar-refractivity contribution >= 4 is 25.0 Å². The predicted octanol–water partition coefficient (Wildman–Crippen LogP) is 8.00.